The van der Waals surface area contributed by atoms with Crippen molar-refractivity contribution in [2.75, 3.05) is 14.2 Å². The van der Waals surface area contributed by atoms with Crippen LogP contribution in [0.2, 0.25) is 0 Å². The molecule has 2 aromatic carbocycles. The zero-order chi connectivity index (χ0) is 20.3. The van der Waals surface area contributed by atoms with Crippen LogP contribution in [0.3, 0.4) is 0 Å². The van der Waals surface area contributed by atoms with Gasteiger partial charge < -0.3 is 19.7 Å². The van der Waals surface area contributed by atoms with Crippen molar-refractivity contribution in [2.24, 2.45) is 4.99 Å². The summed E-state index contributed by atoms with van der Waals surface area (Å²) in [6.07, 6.45) is 1.73. The molecule has 1 aliphatic rings. The Bertz CT molecular complexity index is 1010. The Labute approximate surface area is 166 Å². The maximum atomic E-state index is 12.2. The number of hydrogen-bond donors (Lipinski definition) is 2. The van der Waals surface area contributed by atoms with E-state index in [0.717, 1.165) is 5.56 Å². The molecule has 0 amide bonds. The molecule has 0 aliphatic carbocycles. The lowest BCUT2D eigenvalue weighted by molar-refractivity contribution is -0.135. The van der Waals surface area contributed by atoms with E-state index in [-0.39, 0.29) is 17.1 Å². The Morgan fingerprint density at radius 2 is 1.82 bits per heavy atom. The van der Waals surface area contributed by atoms with E-state index < -0.39 is 5.97 Å². The summed E-state index contributed by atoms with van der Waals surface area (Å²) >= 11 is 1.17. The number of aliphatic hydroxyl groups is 1. The lowest BCUT2D eigenvalue weighted by atomic mass is 10.1. The number of benzene rings is 2. The third kappa shape index (κ3) is 4.04. The highest BCUT2D eigenvalue weighted by Gasteiger charge is 2.33. The number of ether oxygens (including phenoxy) is 2. The highest BCUT2D eigenvalue weighted by molar-refractivity contribution is 8.18. The van der Waals surface area contributed by atoms with E-state index >= 15 is 0 Å². The number of aryl methyl sites for hydroxylation is 1. The zero-order valence-corrected chi connectivity index (χ0v) is 16.4. The number of nitrogens with zero attached hydrogens (tertiary/aromatic N) is 1. The monoisotopic (exact) mass is 397 g/mol. The molecule has 1 aliphatic heterocycles. The van der Waals surface area contributed by atoms with Crippen LogP contribution in [0.4, 0.5) is 5.69 Å². The van der Waals surface area contributed by atoms with Crippen molar-refractivity contribution in [2.45, 2.75) is 6.92 Å². The molecule has 0 aromatic heterocycles. The van der Waals surface area contributed by atoms with Gasteiger partial charge in [0, 0.05) is 0 Å². The number of aliphatic imine (C=N–C) groups is 1. The Balaban J connectivity index is 2.01. The molecular formula is C21H19NO5S. The molecule has 0 spiro atoms. The van der Waals surface area contributed by atoms with E-state index in [9.17, 15) is 15.0 Å². The van der Waals surface area contributed by atoms with Crippen LogP contribution in [0.1, 0.15) is 11.1 Å². The van der Waals surface area contributed by atoms with Crippen LogP contribution >= 0.6 is 11.8 Å². The maximum Gasteiger partial charge on any atom is 0.344 e. The van der Waals surface area contributed by atoms with E-state index in [1.807, 2.05) is 0 Å². The van der Waals surface area contributed by atoms with Gasteiger partial charge in [0.2, 0.25) is 0 Å². The summed E-state index contributed by atoms with van der Waals surface area (Å²) in [6.45, 7) is 1.78. The molecule has 0 saturated heterocycles. The number of methoxy groups -OCH3 is 2. The van der Waals surface area contributed by atoms with E-state index in [1.54, 1.807) is 62.6 Å². The minimum Gasteiger partial charge on any atom is -0.508 e. The van der Waals surface area contributed by atoms with Gasteiger partial charge in [0.05, 0.1) is 24.8 Å². The molecule has 0 unspecified atom stereocenters. The van der Waals surface area contributed by atoms with Crippen LogP contribution in [-0.4, -0.2) is 35.4 Å². The van der Waals surface area contributed by atoms with E-state index in [1.165, 1.54) is 18.9 Å². The first-order chi connectivity index (χ1) is 13.4. The SMILES string of the molecule is COC(=O)C1=C(O)/C(=C\c2ccc(O)c(C)c2)SC1=Nc1ccc(OC)cc1. The second-order valence-electron chi connectivity index (χ2n) is 5.99. The van der Waals surface area contributed by atoms with Gasteiger partial charge in [-0.1, -0.05) is 17.8 Å². The van der Waals surface area contributed by atoms with Crippen molar-refractivity contribution in [3.63, 3.8) is 0 Å². The average Bonchev–Trinajstić information content (AvgIpc) is 2.99. The first kappa shape index (κ1) is 19.6. The largest absolute Gasteiger partial charge is 0.508 e. The molecule has 0 saturated carbocycles. The molecular weight excluding hydrogens is 378 g/mol. The molecule has 28 heavy (non-hydrogen) atoms. The van der Waals surface area contributed by atoms with Gasteiger partial charge in [-0.3, -0.25) is 0 Å². The number of aliphatic hydroxyl groups excluding tert-OH is 1. The quantitative estimate of drug-likeness (QED) is 0.738. The van der Waals surface area contributed by atoms with Crippen molar-refractivity contribution in [1.82, 2.24) is 0 Å². The van der Waals surface area contributed by atoms with Crippen LogP contribution in [0.25, 0.3) is 6.08 Å². The maximum absolute atomic E-state index is 12.2. The number of aromatic hydroxyl groups is 1. The number of phenols is 1. The molecule has 2 N–H and O–H groups in total. The molecule has 0 atom stereocenters. The van der Waals surface area contributed by atoms with Crippen LogP contribution in [-0.2, 0) is 9.53 Å². The number of rotatable bonds is 4. The number of carbonyl (C=O) groups is 1. The second-order valence-corrected chi connectivity index (χ2v) is 7.02. The number of thioether (sulfide) groups is 1. The van der Waals surface area contributed by atoms with Gasteiger partial charge in [-0.25, -0.2) is 9.79 Å². The van der Waals surface area contributed by atoms with Crippen molar-refractivity contribution >= 4 is 34.5 Å². The summed E-state index contributed by atoms with van der Waals surface area (Å²) in [4.78, 5) is 17.2. The predicted octanol–water partition coefficient (Wildman–Crippen LogP) is 4.51. The Morgan fingerprint density at radius 1 is 1.11 bits per heavy atom. The minimum atomic E-state index is -0.664. The number of phenolic OH excluding ortho intramolecular Hbond substituents is 1. The molecule has 0 bridgehead atoms. The Kier molecular flexibility index (Phi) is 5.75. The van der Waals surface area contributed by atoms with Crippen LogP contribution < -0.4 is 4.74 Å². The van der Waals surface area contributed by atoms with E-state index in [4.69, 9.17) is 9.47 Å². The van der Waals surface area contributed by atoms with E-state index in [0.29, 0.717) is 26.9 Å². The normalized spacial score (nSPS) is 16.7. The summed E-state index contributed by atoms with van der Waals surface area (Å²) in [7, 11) is 2.83. The van der Waals surface area contributed by atoms with Crippen molar-refractivity contribution in [1.29, 1.82) is 0 Å². The standard InChI is InChI=1S/C21H19NO5S/c1-12-10-13(4-9-16(12)23)11-17-19(24)18(21(25)27-3)20(28-17)22-14-5-7-15(26-2)8-6-14/h4-11,23-24H,1-3H3/b17-11+,22-20?. The smallest absolute Gasteiger partial charge is 0.344 e. The lowest BCUT2D eigenvalue weighted by Crippen LogP contribution is -2.10. The zero-order valence-electron chi connectivity index (χ0n) is 15.6. The summed E-state index contributed by atoms with van der Waals surface area (Å²) in [5.41, 5.74) is 2.12. The predicted molar refractivity (Wildman–Crippen MR) is 110 cm³/mol. The van der Waals surface area contributed by atoms with Gasteiger partial charge in [-0.2, -0.15) is 0 Å². The third-order valence-corrected chi connectivity index (χ3v) is 5.12. The van der Waals surface area contributed by atoms with Crippen molar-refractivity contribution in [3.8, 4) is 11.5 Å². The molecule has 0 radical (unpaired) electrons. The highest BCUT2D eigenvalue weighted by Crippen LogP contribution is 2.40. The van der Waals surface area contributed by atoms with Gasteiger partial charge in [0.25, 0.3) is 0 Å². The fraction of sp³-hybridized carbons (Fsp3) is 0.143. The van der Waals surface area contributed by atoms with Crippen LogP contribution in [0.5, 0.6) is 11.5 Å². The van der Waals surface area contributed by atoms with Gasteiger partial charge in [-0.15, -0.1) is 0 Å². The lowest BCUT2D eigenvalue weighted by Gasteiger charge is -2.03. The number of esters is 1. The first-order valence-corrected chi connectivity index (χ1v) is 9.18. The van der Waals surface area contributed by atoms with E-state index in [2.05, 4.69) is 4.99 Å². The Hall–Kier alpha value is -3.19. The summed E-state index contributed by atoms with van der Waals surface area (Å²) in [5.74, 6) is 0.0354. The fourth-order valence-corrected chi connectivity index (χ4v) is 3.62. The summed E-state index contributed by atoms with van der Waals surface area (Å²) in [5, 5.41) is 20.6. The number of carbonyl (C=O) groups excluding carboxylic acids is 1. The molecule has 7 heteroatoms. The molecule has 0 fully saturated rings. The molecule has 2 aromatic rings. The Morgan fingerprint density at radius 3 is 2.43 bits per heavy atom. The first-order valence-electron chi connectivity index (χ1n) is 8.37. The highest BCUT2D eigenvalue weighted by atomic mass is 32.2. The minimum absolute atomic E-state index is 0.0186. The average molecular weight is 397 g/mol. The second kappa shape index (κ2) is 8.22. The molecule has 1 heterocycles. The summed E-state index contributed by atoms with van der Waals surface area (Å²) in [6, 6.07) is 12.1. The molecule has 3 rings (SSSR count). The van der Waals surface area contributed by atoms with Crippen LogP contribution in [0, 0.1) is 6.92 Å². The van der Waals surface area contributed by atoms with Gasteiger partial charge >= 0.3 is 5.97 Å². The molecule has 144 valence electrons. The van der Waals surface area contributed by atoms with Crippen LogP contribution in [0.15, 0.2) is 63.7 Å². The van der Waals surface area contributed by atoms with Crippen molar-refractivity contribution in [3.05, 3.63) is 69.8 Å². The van der Waals surface area contributed by atoms with Gasteiger partial charge in [0.15, 0.2) is 0 Å². The van der Waals surface area contributed by atoms with Crippen molar-refractivity contribution < 1.29 is 24.5 Å². The third-order valence-electron chi connectivity index (χ3n) is 4.10. The topological polar surface area (TPSA) is 88.4 Å². The number of hydrogen-bond acceptors (Lipinski definition) is 7. The van der Waals surface area contributed by atoms with Gasteiger partial charge in [-0.05, 0) is 60.5 Å². The fourth-order valence-electron chi connectivity index (χ4n) is 2.58. The molecule has 6 nitrogen and oxygen atoms in total. The van der Waals surface area contributed by atoms with Gasteiger partial charge in [0.1, 0.15) is 27.9 Å². The summed E-state index contributed by atoms with van der Waals surface area (Å²) < 4.78 is 9.94.